The van der Waals surface area contributed by atoms with Crippen molar-refractivity contribution in [3.8, 4) is 5.75 Å². The number of hydrogen-bond donors (Lipinski definition) is 0. The maximum atomic E-state index is 12.1. The molecule has 0 N–H and O–H groups in total. The highest BCUT2D eigenvalue weighted by Gasteiger charge is 2.31. The molecule has 21 heavy (non-hydrogen) atoms. The number of hydrogen-bond acceptors (Lipinski definition) is 5. The third-order valence-electron chi connectivity index (χ3n) is 3.50. The highest BCUT2D eigenvalue weighted by Crippen LogP contribution is 2.23. The number of nitrogens with zero attached hydrogens (tertiary/aromatic N) is 1. The van der Waals surface area contributed by atoms with Crippen molar-refractivity contribution in [2.24, 2.45) is 5.92 Å². The lowest BCUT2D eigenvalue weighted by Gasteiger charge is -2.15. The lowest BCUT2D eigenvalue weighted by atomic mass is 10.1. The number of carbonyl (C=O) groups is 2. The normalized spacial score (nSPS) is 17.6. The van der Waals surface area contributed by atoms with Crippen LogP contribution in [0.25, 0.3) is 0 Å². The molecule has 2 rings (SSSR count). The van der Waals surface area contributed by atoms with Crippen LogP contribution >= 0.6 is 11.8 Å². The molecule has 1 aliphatic rings. The Labute approximate surface area is 128 Å². The number of rotatable bonds is 5. The highest BCUT2D eigenvalue weighted by molar-refractivity contribution is 8.00. The molecule has 1 fully saturated rings. The number of benzene rings is 1. The minimum atomic E-state index is -0.229. The molecule has 114 valence electrons. The Kier molecular flexibility index (Phi) is 5.50. The molecule has 0 bridgehead atoms. The summed E-state index contributed by atoms with van der Waals surface area (Å²) in [7, 11) is 3.00. The monoisotopic (exact) mass is 309 g/mol. The van der Waals surface area contributed by atoms with Crippen LogP contribution in [0.2, 0.25) is 0 Å². The van der Waals surface area contributed by atoms with Gasteiger partial charge in [-0.25, -0.2) is 0 Å². The summed E-state index contributed by atoms with van der Waals surface area (Å²) in [5.74, 6) is 0.826. The van der Waals surface area contributed by atoms with Gasteiger partial charge in [0.25, 0.3) is 0 Å². The Morgan fingerprint density at radius 1 is 1.29 bits per heavy atom. The van der Waals surface area contributed by atoms with Gasteiger partial charge in [-0.3, -0.25) is 9.59 Å². The van der Waals surface area contributed by atoms with Crippen LogP contribution in [-0.4, -0.2) is 49.8 Å². The SMILES string of the molecule is COC(=O)C1CCN(C(=O)CSc2ccc(OC)cc2)C1. The second-order valence-electron chi connectivity index (χ2n) is 4.81. The van der Waals surface area contributed by atoms with E-state index in [1.807, 2.05) is 24.3 Å². The van der Waals surface area contributed by atoms with Crippen molar-refractivity contribution < 1.29 is 19.1 Å². The summed E-state index contributed by atoms with van der Waals surface area (Å²) in [4.78, 5) is 26.3. The van der Waals surface area contributed by atoms with E-state index >= 15 is 0 Å². The number of thioether (sulfide) groups is 1. The fourth-order valence-electron chi connectivity index (χ4n) is 2.25. The van der Waals surface area contributed by atoms with Crippen molar-refractivity contribution in [3.63, 3.8) is 0 Å². The van der Waals surface area contributed by atoms with Gasteiger partial charge in [-0.2, -0.15) is 0 Å². The predicted molar refractivity (Wildman–Crippen MR) is 80.4 cm³/mol. The van der Waals surface area contributed by atoms with Gasteiger partial charge in [-0.15, -0.1) is 11.8 Å². The molecule has 0 spiro atoms. The van der Waals surface area contributed by atoms with E-state index in [-0.39, 0.29) is 17.8 Å². The first-order valence-corrected chi connectivity index (χ1v) is 7.75. The molecule has 0 saturated carbocycles. The van der Waals surface area contributed by atoms with E-state index in [0.717, 1.165) is 10.6 Å². The molecule has 1 unspecified atom stereocenters. The molecule has 6 heteroatoms. The summed E-state index contributed by atoms with van der Waals surface area (Å²) in [6.07, 6.45) is 0.686. The van der Waals surface area contributed by atoms with Crippen LogP contribution in [0.5, 0.6) is 5.75 Å². The topological polar surface area (TPSA) is 55.8 Å². The number of methoxy groups -OCH3 is 2. The maximum Gasteiger partial charge on any atom is 0.310 e. The first-order valence-electron chi connectivity index (χ1n) is 6.76. The van der Waals surface area contributed by atoms with E-state index < -0.39 is 0 Å². The lowest BCUT2D eigenvalue weighted by molar-refractivity contribution is -0.145. The van der Waals surface area contributed by atoms with Crippen LogP contribution in [-0.2, 0) is 14.3 Å². The minimum absolute atomic E-state index is 0.0576. The van der Waals surface area contributed by atoms with Crippen molar-refractivity contribution in [1.29, 1.82) is 0 Å². The average Bonchev–Trinajstić information content (AvgIpc) is 3.02. The smallest absolute Gasteiger partial charge is 0.310 e. The Bertz CT molecular complexity index is 503. The molecule has 0 aliphatic carbocycles. The summed E-state index contributed by atoms with van der Waals surface area (Å²) in [6.45, 7) is 1.09. The highest BCUT2D eigenvalue weighted by atomic mass is 32.2. The van der Waals surface area contributed by atoms with E-state index in [1.54, 1.807) is 12.0 Å². The number of esters is 1. The van der Waals surface area contributed by atoms with Gasteiger partial charge in [0.2, 0.25) is 5.91 Å². The molecule has 1 saturated heterocycles. The molecule has 1 amide bonds. The average molecular weight is 309 g/mol. The van der Waals surface area contributed by atoms with E-state index in [2.05, 4.69) is 0 Å². The van der Waals surface area contributed by atoms with Crippen LogP contribution < -0.4 is 4.74 Å². The van der Waals surface area contributed by atoms with Crippen LogP contribution in [0.4, 0.5) is 0 Å². The maximum absolute atomic E-state index is 12.1. The van der Waals surface area contributed by atoms with Crippen LogP contribution in [0.1, 0.15) is 6.42 Å². The summed E-state index contributed by atoms with van der Waals surface area (Å²) in [5, 5.41) is 0. The summed E-state index contributed by atoms with van der Waals surface area (Å²) >= 11 is 1.49. The third kappa shape index (κ3) is 4.14. The van der Waals surface area contributed by atoms with Gasteiger partial charge in [0.15, 0.2) is 0 Å². The van der Waals surface area contributed by atoms with Crippen molar-refractivity contribution in [2.45, 2.75) is 11.3 Å². The Morgan fingerprint density at radius 3 is 2.62 bits per heavy atom. The van der Waals surface area contributed by atoms with E-state index in [1.165, 1.54) is 18.9 Å². The zero-order valence-corrected chi connectivity index (χ0v) is 13.0. The van der Waals surface area contributed by atoms with Crippen molar-refractivity contribution in [2.75, 3.05) is 33.1 Å². The zero-order valence-electron chi connectivity index (χ0n) is 12.2. The minimum Gasteiger partial charge on any atom is -0.497 e. The number of carbonyl (C=O) groups excluding carboxylic acids is 2. The van der Waals surface area contributed by atoms with Gasteiger partial charge in [0.1, 0.15) is 5.75 Å². The number of ether oxygens (including phenoxy) is 2. The molecule has 0 aromatic heterocycles. The van der Waals surface area contributed by atoms with Gasteiger partial charge in [0.05, 0.1) is 25.9 Å². The number of likely N-dealkylation sites (tertiary alicyclic amines) is 1. The molecule has 0 radical (unpaired) electrons. The van der Waals surface area contributed by atoms with Gasteiger partial charge >= 0.3 is 5.97 Å². The fourth-order valence-corrected chi connectivity index (χ4v) is 3.06. The Hall–Kier alpha value is -1.69. The second kappa shape index (κ2) is 7.36. The molecular formula is C15H19NO4S. The molecule has 1 atom stereocenters. The van der Waals surface area contributed by atoms with Crippen LogP contribution in [0.3, 0.4) is 0 Å². The molecular weight excluding hydrogens is 290 g/mol. The first-order chi connectivity index (χ1) is 10.1. The largest absolute Gasteiger partial charge is 0.497 e. The molecule has 1 aliphatic heterocycles. The van der Waals surface area contributed by atoms with Crippen molar-refractivity contribution in [3.05, 3.63) is 24.3 Å². The third-order valence-corrected chi connectivity index (χ3v) is 4.49. The predicted octanol–water partition coefficient (Wildman–Crippen LogP) is 1.81. The standard InChI is InChI=1S/C15H19NO4S/c1-19-12-3-5-13(6-4-12)21-10-14(17)16-8-7-11(9-16)15(18)20-2/h3-6,11H,7-10H2,1-2H3. The number of amides is 1. The van der Waals surface area contributed by atoms with Gasteiger partial charge in [-0.1, -0.05) is 0 Å². The fraction of sp³-hybridized carbons (Fsp3) is 0.467. The summed E-state index contributed by atoms with van der Waals surface area (Å²) < 4.78 is 9.81. The summed E-state index contributed by atoms with van der Waals surface area (Å²) in [6, 6.07) is 7.60. The van der Waals surface area contributed by atoms with Gasteiger partial charge in [-0.05, 0) is 30.7 Å². The quantitative estimate of drug-likeness (QED) is 0.613. The zero-order chi connectivity index (χ0) is 15.2. The van der Waals surface area contributed by atoms with E-state index in [0.29, 0.717) is 25.3 Å². The Balaban J connectivity index is 1.80. The van der Waals surface area contributed by atoms with Crippen molar-refractivity contribution in [1.82, 2.24) is 4.90 Å². The van der Waals surface area contributed by atoms with Crippen LogP contribution in [0.15, 0.2) is 29.2 Å². The summed E-state index contributed by atoms with van der Waals surface area (Å²) in [5.41, 5.74) is 0. The van der Waals surface area contributed by atoms with Gasteiger partial charge < -0.3 is 14.4 Å². The molecule has 1 aromatic rings. The Morgan fingerprint density at radius 2 is 2.00 bits per heavy atom. The molecule has 1 heterocycles. The first kappa shape index (κ1) is 15.7. The van der Waals surface area contributed by atoms with Crippen LogP contribution in [0, 0.1) is 5.92 Å². The molecule has 1 aromatic carbocycles. The van der Waals surface area contributed by atoms with Crippen molar-refractivity contribution >= 4 is 23.6 Å². The molecule has 5 nitrogen and oxygen atoms in total. The van der Waals surface area contributed by atoms with Gasteiger partial charge in [0, 0.05) is 18.0 Å². The lowest BCUT2D eigenvalue weighted by Crippen LogP contribution is -2.31. The van der Waals surface area contributed by atoms with E-state index in [9.17, 15) is 9.59 Å². The second-order valence-corrected chi connectivity index (χ2v) is 5.86. The van der Waals surface area contributed by atoms with E-state index in [4.69, 9.17) is 9.47 Å².